The first-order chi connectivity index (χ1) is 4.89. The van der Waals surface area contributed by atoms with E-state index < -0.39 is 0 Å². The van der Waals surface area contributed by atoms with E-state index in [1.54, 1.807) is 0 Å². The van der Waals surface area contributed by atoms with Crippen molar-refractivity contribution in [2.45, 2.75) is 34.6 Å². The number of hydrogen-bond donors (Lipinski definition) is 0. The summed E-state index contributed by atoms with van der Waals surface area (Å²) >= 11 is 6.01. The van der Waals surface area contributed by atoms with Crippen LogP contribution in [0.25, 0.3) is 0 Å². The second-order valence-corrected chi connectivity index (χ2v) is 4.13. The van der Waals surface area contributed by atoms with E-state index in [1.165, 1.54) is 5.57 Å². The van der Waals surface area contributed by atoms with Gasteiger partial charge in [0, 0.05) is 5.03 Å². The van der Waals surface area contributed by atoms with Crippen LogP contribution in [0.2, 0.25) is 0 Å². The van der Waals surface area contributed by atoms with Gasteiger partial charge in [0.2, 0.25) is 0 Å². The molecule has 11 heavy (non-hydrogen) atoms. The van der Waals surface area contributed by atoms with E-state index in [1.807, 2.05) is 19.1 Å². The van der Waals surface area contributed by atoms with Crippen LogP contribution >= 0.6 is 11.6 Å². The lowest BCUT2D eigenvalue weighted by Gasteiger charge is -2.20. The molecule has 64 valence electrons. The summed E-state index contributed by atoms with van der Waals surface area (Å²) in [7, 11) is 0. The van der Waals surface area contributed by atoms with Crippen LogP contribution in [-0.4, -0.2) is 0 Å². The highest BCUT2D eigenvalue weighted by molar-refractivity contribution is 6.31. The summed E-state index contributed by atoms with van der Waals surface area (Å²) in [6.07, 6.45) is 3.89. The van der Waals surface area contributed by atoms with Crippen molar-refractivity contribution in [1.29, 1.82) is 0 Å². The molecule has 0 bridgehead atoms. The number of rotatable bonds is 1. The average Bonchev–Trinajstić information content (AvgIpc) is 1.85. The van der Waals surface area contributed by atoms with Crippen LogP contribution in [0.15, 0.2) is 22.8 Å². The Hall–Kier alpha value is -0.230. The standard InChI is InChI=1S/C10H17Cl/c1-6-7-9(11)8(2)10(3,4)5/h6-7H,1-5H3. The van der Waals surface area contributed by atoms with Crippen LogP contribution in [0.5, 0.6) is 0 Å². The van der Waals surface area contributed by atoms with Crippen molar-refractivity contribution >= 4 is 11.6 Å². The third-order valence-electron chi connectivity index (χ3n) is 1.80. The molecular formula is C10H17Cl. The predicted molar refractivity (Wildman–Crippen MR) is 52.8 cm³/mol. The second kappa shape index (κ2) is 3.96. The molecule has 0 atom stereocenters. The second-order valence-electron chi connectivity index (χ2n) is 3.72. The zero-order valence-corrected chi connectivity index (χ0v) is 8.79. The number of hydrogen-bond acceptors (Lipinski definition) is 0. The van der Waals surface area contributed by atoms with Crippen LogP contribution in [0.3, 0.4) is 0 Å². The molecule has 0 rings (SSSR count). The summed E-state index contributed by atoms with van der Waals surface area (Å²) in [5.74, 6) is 0. The smallest absolute Gasteiger partial charge is 0.0397 e. The minimum absolute atomic E-state index is 0.177. The molecule has 0 saturated heterocycles. The van der Waals surface area contributed by atoms with Crippen molar-refractivity contribution in [3.8, 4) is 0 Å². The lowest BCUT2D eigenvalue weighted by Crippen LogP contribution is -2.07. The van der Waals surface area contributed by atoms with Gasteiger partial charge in [-0.15, -0.1) is 0 Å². The topological polar surface area (TPSA) is 0 Å². The van der Waals surface area contributed by atoms with Gasteiger partial charge in [0.05, 0.1) is 0 Å². The quantitative estimate of drug-likeness (QED) is 0.522. The van der Waals surface area contributed by atoms with Crippen LogP contribution in [0.4, 0.5) is 0 Å². The molecule has 0 amide bonds. The highest BCUT2D eigenvalue weighted by Crippen LogP contribution is 2.29. The van der Waals surface area contributed by atoms with E-state index in [-0.39, 0.29) is 5.41 Å². The van der Waals surface area contributed by atoms with Crippen LogP contribution in [-0.2, 0) is 0 Å². The number of halogens is 1. The monoisotopic (exact) mass is 172 g/mol. The first-order valence-corrected chi connectivity index (χ1v) is 4.27. The molecule has 0 aromatic carbocycles. The fourth-order valence-corrected chi connectivity index (χ4v) is 1.04. The Kier molecular flexibility index (Phi) is 3.88. The van der Waals surface area contributed by atoms with Gasteiger partial charge in [0.15, 0.2) is 0 Å². The molecule has 0 unspecified atom stereocenters. The molecule has 0 nitrogen and oxygen atoms in total. The lowest BCUT2D eigenvalue weighted by atomic mass is 9.87. The van der Waals surface area contributed by atoms with E-state index in [0.29, 0.717) is 0 Å². The van der Waals surface area contributed by atoms with Crippen molar-refractivity contribution in [2.24, 2.45) is 5.41 Å². The molecule has 0 aromatic heterocycles. The zero-order valence-electron chi connectivity index (χ0n) is 8.03. The summed E-state index contributed by atoms with van der Waals surface area (Å²) in [4.78, 5) is 0. The largest absolute Gasteiger partial charge is 0.0862 e. The first-order valence-electron chi connectivity index (χ1n) is 3.89. The average molecular weight is 173 g/mol. The van der Waals surface area contributed by atoms with E-state index in [2.05, 4.69) is 27.7 Å². The third-order valence-corrected chi connectivity index (χ3v) is 2.21. The Balaban J connectivity index is 4.67. The van der Waals surface area contributed by atoms with Gasteiger partial charge in [-0.25, -0.2) is 0 Å². The van der Waals surface area contributed by atoms with Crippen molar-refractivity contribution < 1.29 is 0 Å². The summed E-state index contributed by atoms with van der Waals surface area (Å²) in [6, 6.07) is 0. The lowest BCUT2D eigenvalue weighted by molar-refractivity contribution is 0.503. The maximum absolute atomic E-state index is 6.01. The zero-order chi connectivity index (χ0) is 9.07. The van der Waals surface area contributed by atoms with Crippen LogP contribution in [0.1, 0.15) is 34.6 Å². The molecule has 0 aliphatic carbocycles. The van der Waals surface area contributed by atoms with Crippen LogP contribution in [0, 0.1) is 5.41 Å². The fraction of sp³-hybridized carbons (Fsp3) is 0.600. The molecular weight excluding hydrogens is 156 g/mol. The maximum Gasteiger partial charge on any atom is 0.0397 e. The van der Waals surface area contributed by atoms with Crippen molar-refractivity contribution in [1.82, 2.24) is 0 Å². The van der Waals surface area contributed by atoms with Crippen LogP contribution < -0.4 is 0 Å². The molecule has 0 radical (unpaired) electrons. The molecule has 0 aliphatic heterocycles. The van der Waals surface area contributed by atoms with Gasteiger partial charge in [0.25, 0.3) is 0 Å². The maximum atomic E-state index is 6.01. The molecule has 0 N–H and O–H groups in total. The minimum atomic E-state index is 0.177. The predicted octanol–water partition coefficient (Wildman–Crippen LogP) is 4.12. The Bertz CT molecular complexity index is 180. The summed E-state index contributed by atoms with van der Waals surface area (Å²) in [5, 5.41) is 0.861. The van der Waals surface area contributed by atoms with Crippen molar-refractivity contribution in [3.05, 3.63) is 22.8 Å². The van der Waals surface area contributed by atoms with E-state index in [0.717, 1.165) is 5.03 Å². The van der Waals surface area contributed by atoms with Gasteiger partial charge < -0.3 is 0 Å². The Labute approximate surface area is 74.9 Å². The molecule has 0 aliphatic rings. The summed E-state index contributed by atoms with van der Waals surface area (Å²) in [6.45, 7) is 10.5. The summed E-state index contributed by atoms with van der Waals surface area (Å²) < 4.78 is 0. The Morgan fingerprint density at radius 3 is 2.00 bits per heavy atom. The van der Waals surface area contributed by atoms with Crippen molar-refractivity contribution in [3.63, 3.8) is 0 Å². The van der Waals surface area contributed by atoms with E-state index >= 15 is 0 Å². The molecule has 0 heterocycles. The van der Waals surface area contributed by atoms with Gasteiger partial charge >= 0.3 is 0 Å². The highest BCUT2D eigenvalue weighted by atomic mass is 35.5. The Morgan fingerprint density at radius 1 is 1.27 bits per heavy atom. The normalized spacial score (nSPS) is 15.5. The molecule has 0 spiro atoms. The molecule has 0 fully saturated rings. The molecule has 1 heteroatoms. The molecule has 0 saturated carbocycles. The Morgan fingerprint density at radius 2 is 1.73 bits per heavy atom. The van der Waals surface area contributed by atoms with E-state index in [4.69, 9.17) is 11.6 Å². The summed E-state index contributed by atoms with van der Waals surface area (Å²) in [5.41, 5.74) is 1.41. The van der Waals surface area contributed by atoms with Crippen molar-refractivity contribution in [2.75, 3.05) is 0 Å². The van der Waals surface area contributed by atoms with E-state index in [9.17, 15) is 0 Å². The van der Waals surface area contributed by atoms with Gasteiger partial charge in [-0.2, -0.15) is 0 Å². The molecule has 0 aromatic rings. The van der Waals surface area contributed by atoms with Gasteiger partial charge in [-0.05, 0) is 30.9 Å². The first kappa shape index (κ1) is 10.8. The highest BCUT2D eigenvalue weighted by Gasteiger charge is 2.14. The SMILES string of the molecule is CC=CC(Cl)=C(C)C(C)(C)C. The minimum Gasteiger partial charge on any atom is -0.0862 e. The van der Waals surface area contributed by atoms with Gasteiger partial charge in [-0.3, -0.25) is 0 Å². The van der Waals surface area contributed by atoms with Gasteiger partial charge in [-0.1, -0.05) is 38.4 Å². The van der Waals surface area contributed by atoms with Gasteiger partial charge in [0.1, 0.15) is 0 Å². The third kappa shape index (κ3) is 3.62. The number of allylic oxidation sites excluding steroid dienone is 4. The fourth-order valence-electron chi connectivity index (χ4n) is 0.630.